The van der Waals surface area contributed by atoms with Gasteiger partial charge in [0.05, 0.1) is 17.8 Å². The highest BCUT2D eigenvalue weighted by molar-refractivity contribution is 7.88. The summed E-state index contributed by atoms with van der Waals surface area (Å²) in [5, 5.41) is 5.23. The Hall–Kier alpha value is -1.07. The zero-order valence-corrected chi connectivity index (χ0v) is 15.3. The molecule has 0 amide bonds. The molecule has 1 aliphatic heterocycles. The Kier molecular flexibility index (Phi) is 4.97. The van der Waals surface area contributed by atoms with Crippen molar-refractivity contribution in [2.45, 2.75) is 13.1 Å². The molecule has 1 fully saturated rings. The van der Waals surface area contributed by atoms with Gasteiger partial charge in [0.1, 0.15) is 0 Å². The minimum absolute atomic E-state index is 0.512. The van der Waals surface area contributed by atoms with Gasteiger partial charge in [0.2, 0.25) is 14.8 Å². The van der Waals surface area contributed by atoms with E-state index in [0.29, 0.717) is 31.1 Å². The van der Waals surface area contributed by atoms with E-state index in [-0.39, 0.29) is 0 Å². The van der Waals surface area contributed by atoms with Gasteiger partial charge < -0.3 is 0 Å². The molecule has 0 atom stereocenters. The summed E-state index contributed by atoms with van der Waals surface area (Å²) in [6.07, 6.45) is 2.08. The summed E-state index contributed by atoms with van der Waals surface area (Å²) in [6, 6.07) is 3.98. The lowest BCUT2D eigenvalue weighted by Gasteiger charge is -2.20. The van der Waals surface area contributed by atoms with Crippen molar-refractivity contribution in [1.29, 1.82) is 0 Å². The van der Waals surface area contributed by atoms with E-state index in [1.165, 1.54) is 10.6 Å². The van der Waals surface area contributed by atoms with Crippen LogP contribution < -0.4 is 0 Å². The Morgan fingerprint density at radius 3 is 2.87 bits per heavy atom. The molecule has 1 N–H and O–H groups in total. The molecule has 3 heterocycles. The molecule has 2 aromatic rings. The van der Waals surface area contributed by atoms with E-state index in [4.69, 9.17) is 12.2 Å². The minimum atomic E-state index is -3.12. The Balaban J connectivity index is 1.69. The summed E-state index contributed by atoms with van der Waals surface area (Å²) < 4.78 is 27.2. The second-order valence-electron chi connectivity index (χ2n) is 5.54. The summed E-state index contributed by atoms with van der Waals surface area (Å²) in [6.45, 7) is 3.19. The van der Waals surface area contributed by atoms with Crippen LogP contribution in [-0.4, -0.2) is 64.8 Å². The summed E-state index contributed by atoms with van der Waals surface area (Å²) in [5.41, 5.74) is 0. The number of H-pyrrole nitrogens is 1. The Labute approximate surface area is 144 Å². The molecule has 10 heteroatoms. The second kappa shape index (κ2) is 6.81. The number of thiophene rings is 1. The number of nitrogens with one attached hydrogen (secondary N) is 1. The van der Waals surface area contributed by atoms with Crippen LogP contribution in [0.4, 0.5) is 0 Å². The molecule has 0 radical (unpaired) electrons. The minimum Gasteiger partial charge on any atom is -0.283 e. The largest absolute Gasteiger partial charge is 0.283 e. The van der Waals surface area contributed by atoms with Gasteiger partial charge in [0.15, 0.2) is 5.82 Å². The molecule has 0 unspecified atom stereocenters. The summed E-state index contributed by atoms with van der Waals surface area (Å²) in [4.78, 5) is 7.64. The number of aromatic amines is 1. The Bertz CT molecular complexity index is 809. The van der Waals surface area contributed by atoms with Crippen LogP contribution in [0.3, 0.4) is 0 Å². The zero-order chi connectivity index (χ0) is 16.4. The topological polar surface area (TPSA) is 74.2 Å². The van der Waals surface area contributed by atoms with Crippen LogP contribution >= 0.6 is 23.6 Å². The molecule has 0 spiro atoms. The molecule has 1 saturated heterocycles. The lowest BCUT2D eigenvalue weighted by atomic mass is 10.4. The monoisotopic (exact) mass is 373 g/mol. The van der Waals surface area contributed by atoms with Crippen molar-refractivity contribution >= 4 is 33.6 Å². The highest BCUT2D eigenvalue weighted by Crippen LogP contribution is 2.20. The van der Waals surface area contributed by atoms with Crippen molar-refractivity contribution in [3.05, 3.63) is 22.3 Å². The summed E-state index contributed by atoms with van der Waals surface area (Å²) >= 11 is 6.93. The van der Waals surface area contributed by atoms with Gasteiger partial charge in [-0.1, -0.05) is 6.07 Å². The van der Waals surface area contributed by atoms with Gasteiger partial charge in [0, 0.05) is 26.2 Å². The lowest BCUT2D eigenvalue weighted by Crippen LogP contribution is -2.35. The number of hydrogen-bond donors (Lipinski definition) is 1. The van der Waals surface area contributed by atoms with Gasteiger partial charge in [0.25, 0.3) is 0 Å². The number of nitrogens with zero attached hydrogens (tertiary/aromatic N) is 4. The van der Waals surface area contributed by atoms with E-state index in [1.807, 2.05) is 22.2 Å². The maximum Gasteiger partial charge on any atom is 0.217 e. The van der Waals surface area contributed by atoms with Crippen LogP contribution in [0.2, 0.25) is 0 Å². The molecule has 23 heavy (non-hydrogen) atoms. The van der Waals surface area contributed by atoms with Gasteiger partial charge in [-0.2, -0.15) is 4.98 Å². The first-order valence-electron chi connectivity index (χ1n) is 7.32. The van der Waals surface area contributed by atoms with Crippen LogP contribution in [0.5, 0.6) is 0 Å². The normalized spacial score (nSPS) is 18.1. The van der Waals surface area contributed by atoms with Crippen LogP contribution in [0.15, 0.2) is 17.5 Å². The fourth-order valence-electron chi connectivity index (χ4n) is 2.60. The van der Waals surface area contributed by atoms with Gasteiger partial charge in [-0.15, -0.1) is 11.3 Å². The van der Waals surface area contributed by atoms with Crippen LogP contribution in [0.25, 0.3) is 10.7 Å². The number of hydrogen-bond acceptors (Lipinski definition) is 6. The highest BCUT2D eigenvalue weighted by atomic mass is 32.2. The molecule has 2 aromatic heterocycles. The average Bonchev–Trinajstić information content (AvgIpc) is 3.04. The maximum atomic E-state index is 11.7. The average molecular weight is 374 g/mol. The molecule has 1 aliphatic rings. The predicted octanol–water partition coefficient (Wildman–Crippen LogP) is 1.59. The van der Waals surface area contributed by atoms with E-state index >= 15 is 0 Å². The number of sulfonamides is 1. The SMILES string of the molecule is CS(=O)(=O)N1CCCN(Cn2[nH]c(-c3cccs3)nc2=S)CC1. The third-order valence-electron chi connectivity index (χ3n) is 3.79. The third kappa shape index (κ3) is 4.07. The fourth-order valence-corrected chi connectivity index (χ4v) is 4.33. The van der Waals surface area contributed by atoms with Crippen molar-refractivity contribution in [2.24, 2.45) is 0 Å². The van der Waals surface area contributed by atoms with E-state index in [2.05, 4.69) is 15.0 Å². The standard InChI is InChI=1S/C13H19N5O2S3/c1-23(19,20)17-6-3-5-16(7-8-17)10-18-13(21)14-12(15-18)11-4-2-9-22-11/h2,4,9H,3,5-8,10H2,1H3,(H,14,15,21). The Morgan fingerprint density at radius 2 is 2.17 bits per heavy atom. The smallest absolute Gasteiger partial charge is 0.217 e. The van der Waals surface area contributed by atoms with E-state index < -0.39 is 10.0 Å². The number of aromatic nitrogens is 3. The fraction of sp³-hybridized carbons (Fsp3) is 0.538. The molecule has 0 aromatic carbocycles. The van der Waals surface area contributed by atoms with Crippen molar-refractivity contribution in [3.63, 3.8) is 0 Å². The molecule has 0 saturated carbocycles. The number of rotatable bonds is 4. The quantitative estimate of drug-likeness (QED) is 0.824. The summed E-state index contributed by atoms with van der Waals surface area (Å²) in [5.74, 6) is 0.776. The first kappa shape index (κ1) is 16.8. The predicted molar refractivity (Wildman–Crippen MR) is 93.3 cm³/mol. The second-order valence-corrected chi connectivity index (χ2v) is 8.83. The van der Waals surface area contributed by atoms with Gasteiger partial charge in [-0.05, 0) is 30.1 Å². The summed E-state index contributed by atoms with van der Waals surface area (Å²) in [7, 11) is -3.12. The zero-order valence-electron chi connectivity index (χ0n) is 12.8. The van der Waals surface area contributed by atoms with Crippen molar-refractivity contribution in [1.82, 2.24) is 24.0 Å². The van der Waals surface area contributed by atoms with E-state index in [0.717, 1.165) is 23.7 Å². The van der Waals surface area contributed by atoms with E-state index in [9.17, 15) is 8.42 Å². The first-order chi connectivity index (χ1) is 10.9. The molecule has 126 valence electrons. The third-order valence-corrected chi connectivity index (χ3v) is 6.28. The molecular formula is C13H19N5O2S3. The molecule has 0 bridgehead atoms. The lowest BCUT2D eigenvalue weighted by molar-refractivity contribution is 0.216. The van der Waals surface area contributed by atoms with Gasteiger partial charge >= 0.3 is 0 Å². The van der Waals surface area contributed by atoms with Crippen molar-refractivity contribution in [3.8, 4) is 10.7 Å². The van der Waals surface area contributed by atoms with Gasteiger partial charge in [-0.25, -0.2) is 17.4 Å². The van der Waals surface area contributed by atoms with Crippen molar-refractivity contribution in [2.75, 3.05) is 32.4 Å². The molecular weight excluding hydrogens is 354 g/mol. The Morgan fingerprint density at radius 1 is 1.35 bits per heavy atom. The molecule has 0 aliphatic carbocycles. The van der Waals surface area contributed by atoms with E-state index in [1.54, 1.807) is 11.3 Å². The van der Waals surface area contributed by atoms with Crippen LogP contribution in [0.1, 0.15) is 6.42 Å². The molecule has 7 nitrogen and oxygen atoms in total. The van der Waals surface area contributed by atoms with Crippen molar-refractivity contribution < 1.29 is 8.42 Å². The molecule has 3 rings (SSSR count). The van der Waals surface area contributed by atoms with Crippen LogP contribution in [0, 0.1) is 4.77 Å². The highest BCUT2D eigenvalue weighted by Gasteiger charge is 2.21. The van der Waals surface area contributed by atoms with Crippen LogP contribution in [-0.2, 0) is 16.7 Å². The maximum absolute atomic E-state index is 11.7. The first-order valence-corrected chi connectivity index (χ1v) is 10.5. The van der Waals surface area contributed by atoms with Gasteiger partial charge in [-0.3, -0.25) is 10.00 Å².